The van der Waals surface area contributed by atoms with Crippen molar-refractivity contribution in [3.05, 3.63) is 47.0 Å². The van der Waals surface area contributed by atoms with E-state index in [1.807, 2.05) is 12.1 Å². The van der Waals surface area contributed by atoms with E-state index < -0.39 is 0 Å². The van der Waals surface area contributed by atoms with E-state index in [2.05, 4.69) is 25.4 Å². The van der Waals surface area contributed by atoms with E-state index in [-0.39, 0.29) is 5.56 Å². The van der Waals surface area contributed by atoms with Gasteiger partial charge in [-0.05, 0) is 23.8 Å². The molecule has 0 aliphatic rings. The molecule has 94 valence electrons. The molecule has 0 fully saturated rings. The molecule has 0 unspecified atom stereocenters. The summed E-state index contributed by atoms with van der Waals surface area (Å²) >= 11 is 0. The molecular formula is C12H10N6O. The summed E-state index contributed by atoms with van der Waals surface area (Å²) in [5.41, 5.74) is 8.45. The normalized spacial score (nSPS) is 10.5. The van der Waals surface area contributed by atoms with Gasteiger partial charge in [0.25, 0.3) is 5.56 Å². The third kappa shape index (κ3) is 1.97. The van der Waals surface area contributed by atoms with Gasteiger partial charge in [0.05, 0.1) is 11.3 Å². The summed E-state index contributed by atoms with van der Waals surface area (Å²) in [5, 5.41) is 13.2. The molecule has 0 aliphatic carbocycles. The van der Waals surface area contributed by atoms with Crippen LogP contribution in [-0.2, 0) is 0 Å². The van der Waals surface area contributed by atoms with E-state index in [1.54, 1.807) is 18.5 Å². The number of pyridine rings is 1. The van der Waals surface area contributed by atoms with Gasteiger partial charge in [0, 0.05) is 18.5 Å². The number of aromatic nitrogens is 5. The number of nitrogens with zero attached hydrogens (tertiary/aromatic N) is 3. The Morgan fingerprint density at radius 1 is 1.00 bits per heavy atom. The molecule has 3 aromatic rings. The molecule has 3 aromatic heterocycles. The Labute approximate surface area is 107 Å². The van der Waals surface area contributed by atoms with Crippen molar-refractivity contribution in [1.82, 2.24) is 25.4 Å². The third-order valence-corrected chi connectivity index (χ3v) is 2.70. The fourth-order valence-corrected chi connectivity index (χ4v) is 1.84. The zero-order valence-corrected chi connectivity index (χ0v) is 9.79. The summed E-state index contributed by atoms with van der Waals surface area (Å²) in [6.45, 7) is 0. The second kappa shape index (κ2) is 4.37. The van der Waals surface area contributed by atoms with Crippen molar-refractivity contribution in [2.75, 3.05) is 5.73 Å². The summed E-state index contributed by atoms with van der Waals surface area (Å²) < 4.78 is 0. The zero-order chi connectivity index (χ0) is 13.2. The number of nitrogens with one attached hydrogen (secondary N) is 2. The molecule has 0 saturated heterocycles. The Bertz CT molecular complexity index is 741. The Morgan fingerprint density at radius 3 is 2.47 bits per heavy atom. The molecule has 3 rings (SSSR count). The van der Waals surface area contributed by atoms with Gasteiger partial charge in [-0.15, -0.1) is 0 Å². The highest BCUT2D eigenvalue weighted by Crippen LogP contribution is 2.32. The van der Waals surface area contributed by atoms with E-state index in [1.165, 1.54) is 6.07 Å². The minimum Gasteiger partial charge on any atom is -0.382 e. The first kappa shape index (κ1) is 11.1. The van der Waals surface area contributed by atoms with E-state index >= 15 is 0 Å². The first-order valence-electron chi connectivity index (χ1n) is 5.56. The molecule has 0 saturated carbocycles. The van der Waals surface area contributed by atoms with Crippen LogP contribution in [0.15, 0.2) is 41.5 Å². The molecule has 7 heteroatoms. The first-order chi connectivity index (χ1) is 9.25. The predicted molar refractivity (Wildman–Crippen MR) is 70.1 cm³/mol. The summed E-state index contributed by atoms with van der Waals surface area (Å²) in [7, 11) is 0. The van der Waals surface area contributed by atoms with Crippen LogP contribution in [0, 0.1) is 0 Å². The Balaban J connectivity index is 2.19. The Morgan fingerprint density at radius 2 is 1.79 bits per heavy atom. The Kier molecular flexibility index (Phi) is 2.57. The summed E-state index contributed by atoms with van der Waals surface area (Å²) in [5.74, 6) is 0.370. The van der Waals surface area contributed by atoms with Gasteiger partial charge in [-0.1, -0.05) is 0 Å². The van der Waals surface area contributed by atoms with Crippen LogP contribution < -0.4 is 11.3 Å². The first-order valence-corrected chi connectivity index (χ1v) is 5.56. The highest BCUT2D eigenvalue weighted by molar-refractivity contribution is 5.86. The molecule has 0 bridgehead atoms. The molecule has 0 aromatic carbocycles. The van der Waals surface area contributed by atoms with E-state index in [9.17, 15) is 4.79 Å². The smallest absolute Gasteiger partial charge is 0.264 e. The lowest BCUT2D eigenvalue weighted by Crippen LogP contribution is -2.05. The maximum absolute atomic E-state index is 11.0. The summed E-state index contributed by atoms with van der Waals surface area (Å²) in [6, 6.07) is 6.67. The van der Waals surface area contributed by atoms with Crippen molar-refractivity contribution in [3.8, 4) is 22.5 Å². The van der Waals surface area contributed by atoms with Gasteiger partial charge in [-0.2, -0.15) is 10.2 Å². The molecule has 0 amide bonds. The monoisotopic (exact) mass is 254 g/mol. The lowest BCUT2D eigenvalue weighted by Gasteiger charge is -2.03. The number of aromatic amines is 2. The van der Waals surface area contributed by atoms with Crippen molar-refractivity contribution < 1.29 is 0 Å². The highest BCUT2D eigenvalue weighted by atomic mass is 16.1. The van der Waals surface area contributed by atoms with Gasteiger partial charge in [-0.3, -0.25) is 14.9 Å². The van der Waals surface area contributed by atoms with E-state index in [4.69, 9.17) is 5.73 Å². The average Bonchev–Trinajstić information content (AvgIpc) is 2.82. The maximum Gasteiger partial charge on any atom is 0.264 e. The average molecular weight is 254 g/mol. The van der Waals surface area contributed by atoms with Gasteiger partial charge in [0.1, 0.15) is 5.69 Å². The van der Waals surface area contributed by atoms with E-state index in [0.29, 0.717) is 17.2 Å². The second-order valence-electron chi connectivity index (χ2n) is 3.90. The van der Waals surface area contributed by atoms with Gasteiger partial charge >= 0.3 is 0 Å². The van der Waals surface area contributed by atoms with E-state index in [0.717, 1.165) is 11.1 Å². The molecule has 3 heterocycles. The number of rotatable bonds is 2. The number of anilines is 1. The fraction of sp³-hybridized carbons (Fsp3) is 0. The molecule has 0 spiro atoms. The van der Waals surface area contributed by atoms with Gasteiger partial charge < -0.3 is 5.73 Å². The van der Waals surface area contributed by atoms with Crippen LogP contribution in [0.5, 0.6) is 0 Å². The van der Waals surface area contributed by atoms with Crippen molar-refractivity contribution in [3.63, 3.8) is 0 Å². The molecule has 0 atom stereocenters. The zero-order valence-electron chi connectivity index (χ0n) is 9.79. The third-order valence-electron chi connectivity index (χ3n) is 2.70. The van der Waals surface area contributed by atoms with Gasteiger partial charge in [0.15, 0.2) is 5.82 Å². The number of nitrogen functional groups attached to an aromatic ring is 1. The van der Waals surface area contributed by atoms with Crippen LogP contribution >= 0.6 is 0 Å². The highest BCUT2D eigenvalue weighted by Gasteiger charge is 2.15. The van der Waals surface area contributed by atoms with Crippen LogP contribution in [0.25, 0.3) is 22.5 Å². The van der Waals surface area contributed by atoms with Crippen LogP contribution in [0.1, 0.15) is 0 Å². The standard InChI is InChI=1S/C12H10N6O/c13-12-10(7-3-5-14-6-4-7)11(17-18-12)8-1-2-9(19)16-15-8/h1-6H,(H,16,19)(H3,13,17,18). The minimum atomic E-state index is -0.262. The molecular weight excluding hydrogens is 244 g/mol. The molecule has 7 nitrogen and oxygen atoms in total. The van der Waals surface area contributed by atoms with Crippen molar-refractivity contribution in [2.24, 2.45) is 0 Å². The van der Waals surface area contributed by atoms with Crippen molar-refractivity contribution >= 4 is 5.82 Å². The molecule has 0 aliphatic heterocycles. The number of hydrogen-bond donors (Lipinski definition) is 3. The van der Waals surface area contributed by atoms with Crippen molar-refractivity contribution in [2.45, 2.75) is 0 Å². The topological polar surface area (TPSA) is 113 Å². The maximum atomic E-state index is 11.0. The summed E-state index contributed by atoms with van der Waals surface area (Å²) in [6.07, 6.45) is 3.34. The van der Waals surface area contributed by atoms with Crippen molar-refractivity contribution in [1.29, 1.82) is 0 Å². The molecule has 0 radical (unpaired) electrons. The van der Waals surface area contributed by atoms with Crippen LogP contribution in [-0.4, -0.2) is 25.4 Å². The van der Waals surface area contributed by atoms with Crippen LogP contribution in [0.4, 0.5) is 5.82 Å². The predicted octanol–water partition coefficient (Wildman–Crippen LogP) is 0.804. The molecule has 4 N–H and O–H groups in total. The number of nitrogens with two attached hydrogens (primary N) is 1. The number of H-pyrrole nitrogens is 2. The van der Waals surface area contributed by atoms with Gasteiger partial charge in [0.2, 0.25) is 0 Å². The fourth-order valence-electron chi connectivity index (χ4n) is 1.84. The minimum absolute atomic E-state index is 0.262. The van der Waals surface area contributed by atoms with Gasteiger partial charge in [-0.25, -0.2) is 5.10 Å². The number of hydrogen-bond acceptors (Lipinski definition) is 5. The van der Waals surface area contributed by atoms with Crippen LogP contribution in [0.2, 0.25) is 0 Å². The largest absolute Gasteiger partial charge is 0.382 e. The lowest BCUT2D eigenvalue weighted by molar-refractivity contribution is 0.982. The summed E-state index contributed by atoms with van der Waals surface area (Å²) in [4.78, 5) is 15.0. The van der Waals surface area contributed by atoms with Crippen LogP contribution in [0.3, 0.4) is 0 Å². The quantitative estimate of drug-likeness (QED) is 0.626. The SMILES string of the molecule is Nc1n[nH]c(-c2ccc(=O)[nH]n2)c1-c1ccncc1. The second-order valence-corrected chi connectivity index (χ2v) is 3.90. The molecule has 19 heavy (non-hydrogen) atoms. The lowest BCUT2D eigenvalue weighted by atomic mass is 10.1. The Hall–Kier alpha value is -2.96.